The topological polar surface area (TPSA) is 102 Å². The minimum absolute atomic E-state index is 0.0338. The molecule has 1 aromatic carbocycles. The van der Waals surface area contributed by atoms with E-state index in [-0.39, 0.29) is 11.4 Å². The van der Waals surface area contributed by atoms with Gasteiger partial charge in [0.25, 0.3) is 0 Å². The monoisotopic (exact) mass is 243 g/mol. The lowest BCUT2D eigenvalue weighted by molar-refractivity contribution is 0.0691. The van der Waals surface area contributed by atoms with Gasteiger partial charge in [0.1, 0.15) is 11.4 Å². The number of hydrogen-bond donors (Lipinski definition) is 4. The van der Waals surface area contributed by atoms with E-state index in [1.807, 2.05) is 0 Å². The molecule has 3 aromatic rings. The molecule has 18 heavy (non-hydrogen) atoms. The van der Waals surface area contributed by atoms with E-state index in [1.54, 1.807) is 24.3 Å². The van der Waals surface area contributed by atoms with Crippen LogP contribution in [0.3, 0.4) is 0 Å². The van der Waals surface area contributed by atoms with Crippen LogP contribution in [0.2, 0.25) is 0 Å². The van der Waals surface area contributed by atoms with E-state index in [4.69, 9.17) is 5.11 Å². The predicted molar refractivity (Wildman–Crippen MR) is 64.5 cm³/mol. The first-order chi connectivity index (χ1) is 8.63. The number of H-pyrrole nitrogens is 2. The fourth-order valence-corrected chi connectivity index (χ4v) is 1.81. The van der Waals surface area contributed by atoms with Crippen molar-refractivity contribution in [2.45, 2.75) is 0 Å². The average Bonchev–Trinajstić information content (AvgIpc) is 2.93. The number of aromatic carboxylic acids is 1. The second-order valence-corrected chi connectivity index (χ2v) is 3.91. The van der Waals surface area contributed by atoms with Crippen molar-refractivity contribution in [1.29, 1.82) is 0 Å². The van der Waals surface area contributed by atoms with Gasteiger partial charge < -0.3 is 20.2 Å². The van der Waals surface area contributed by atoms with Gasteiger partial charge in [-0.25, -0.2) is 9.78 Å². The normalized spacial score (nSPS) is 10.9. The first-order valence-electron chi connectivity index (χ1n) is 5.24. The third-order valence-electron chi connectivity index (χ3n) is 2.67. The Hall–Kier alpha value is -2.76. The van der Waals surface area contributed by atoms with Crippen molar-refractivity contribution < 1.29 is 15.0 Å². The lowest BCUT2D eigenvalue weighted by atomic mass is 10.2. The van der Waals surface area contributed by atoms with E-state index in [9.17, 15) is 9.90 Å². The maximum atomic E-state index is 10.7. The Kier molecular flexibility index (Phi) is 2.09. The van der Waals surface area contributed by atoms with Gasteiger partial charge in [-0.3, -0.25) is 0 Å². The molecule has 6 nitrogen and oxygen atoms in total. The van der Waals surface area contributed by atoms with Crippen LogP contribution in [0, 0.1) is 0 Å². The Morgan fingerprint density at radius 2 is 2.06 bits per heavy atom. The molecule has 0 aliphatic heterocycles. The molecule has 0 unspecified atom stereocenters. The number of rotatable bonds is 2. The first-order valence-corrected chi connectivity index (χ1v) is 5.24. The van der Waals surface area contributed by atoms with E-state index in [1.165, 1.54) is 6.20 Å². The smallest absolute Gasteiger partial charge is 0.353 e. The molecule has 2 aromatic heterocycles. The summed E-state index contributed by atoms with van der Waals surface area (Å²) in [5.41, 5.74) is 1.55. The number of carbonyl (C=O) groups is 1. The summed E-state index contributed by atoms with van der Waals surface area (Å²) in [6.45, 7) is 0. The molecule has 0 saturated carbocycles. The molecule has 0 atom stereocenters. The number of phenols is 1. The second-order valence-electron chi connectivity index (χ2n) is 3.91. The maximum absolute atomic E-state index is 10.7. The molecule has 0 bridgehead atoms. The predicted octanol–water partition coefficient (Wildman–Crippen LogP) is 1.96. The molecule has 0 amide bonds. The number of phenolic OH excluding ortho intramolecular Hbond substituents is 1. The van der Waals surface area contributed by atoms with Crippen LogP contribution in [0.5, 0.6) is 5.75 Å². The molecule has 0 aliphatic carbocycles. The average molecular weight is 243 g/mol. The molecule has 3 rings (SSSR count). The number of aromatic hydroxyl groups is 1. The zero-order valence-electron chi connectivity index (χ0n) is 9.14. The SMILES string of the molecule is O=C(O)c1cnc(-c2cc3cc(O)ccc3[nH]2)[nH]1. The van der Waals surface area contributed by atoms with E-state index in [2.05, 4.69) is 15.0 Å². The number of benzene rings is 1. The number of carboxylic acids is 1. The Morgan fingerprint density at radius 1 is 1.22 bits per heavy atom. The standard InChI is InChI=1S/C12H9N3O3/c16-7-1-2-8-6(3-7)4-9(14-8)11-13-5-10(15-11)12(17)18/h1-5,14,16H,(H,13,15)(H,17,18). The number of nitrogens with one attached hydrogen (secondary N) is 2. The molecular weight excluding hydrogens is 234 g/mol. The fourth-order valence-electron chi connectivity index (χ4n) is 1.81. The third kappa shape index (κ3) is 1.60. The van der Waals surface area contributed by atoms with Gasteiger partial charge in [0.2, 0.25) is 0 Å². The number of nitrogens with zero attached hydrogens (tertiary/aromatic N) is 1. The number of aromatic nitrogens is 3. The second kappa shape index (κ2) is 3.63. The summed E-state index contributed by atoms with van der Waals surface area (Å²) < 4.78 is 0. The van der Waals surface area contributed by atoms with Crippen LogP contribution in [0.15, 0.2) is 30.5 Å². The van der Waals surface area contributed by atoms with Gasteiger partial charge in [-0.15, -0.1) is 0 Å². The summed E-state index contributed by atoms with van der Waals surface area (Å²) in [5.74, 6) is -0.427. The highest BCUT2D eigenvalue weighted by molar-refractivity contribution is 5.88. The maximum Gasteiger partial charge on any atom is 0.353 e. The molecule has 6 heteroatoms. The highest BCUT2D eigenvalue weighted by Gasteiger charge is 2.10. The Labute approximate surface area is 101 Å². The van der Waals surface area contributed by atoms with Gasteiger partial charge in [-0.05, 0) is 24.3 Å². The van der Waals surface area contributed by atoms with Gasteiger partial charge in [-0.2, -0.15) is 0 Å². The van der Waals surface area contributed by atoms with Crippen molar-refractivity contribution in [3.8, 4) is 17.3 Å². The molecule has 0 spiro atoms. The molecule has 0 saturated heterocycles. The third-order valence-corrected chi connectivity index (χ3v) is 2.67. The van der Waals surface area contributed by atoms with Crippen LogP contribution in [0.4, 0.5) is 0 Å². The lowest BCUT2D eigenvalue weighted by Gasteiger charge is -1.90. The Balaban J connectivity index is 2.10. The van der Waals surface area contributed by atoms with Crippen molar-refractivity contribution in [3.05, 3.63) is 36.2 Å². The summed E-state index contributed by atoms with van der Waals surface area (Å²) >= 11 is 0. The quantitative estimate of drug-likeness (QED) is 0.552. The van der Waals surface area contributed by atoms with Crippen LogP contribution in [0.1, 0.15) is 10.5 Å². The van der Waals surface area contributed by atoms with Gasteiger partial charge in [0.15, 0.2) is 5.82 Å². The van der Waals surface area contributed by atoms with E-state index in [0.29, 0.717) is 11.5 Å². The van der Waals surface area contributed by atoms with E-state index in [0.717, 1.165) is 10.9 Å². The molecule has 90 valence electrons. The molecule has 0 fully saturated rings. The Morgan fingerprint density at radius 3 is 2.78 bits per heavy atom. The molecule has 2 heterocycles. The van der Waals surface area contributed by atoms with Crippen molar-refractivity contribution in [2.24, 2.45) is 0 Å². The molecule has 4 N–H and O–H groups in total. The van der Waals surface area contributed by atoms with Gasteiger partial charge >= 0.3 is 5.97 Å². The summed E-state index contributed by atoms with van der Waals surface area (Å²) in [7, 11) is 0. The molecule has 0 radical (unpaired) electrons. The van der Waals surface area contributed by atoms with Crippen LogP contribution in [0.25, 0.3) is 22.4 Å². The van der Waals surface area contributed by atoms with Crippen molar-refractivity contribution in [1.82, 2.24) is 15.0 Å². The number of carboxylic acid groups (broad SMARTS) is 1. The number of aromatic amines is 2. The number of hydrogen-bond acceptors (Lipinski definition) is 3. The van der Waals surface area contributed by atoms with Gasteiger partial charge in [0.05, 0.1) is 11.9 Å². The first kappa shape index (κ1) is 10.4. The summed E-state index contributed by atoms with van der Waals surface area (Å²) in [6, 6.07) is 6.73. The highest BCUT2D eigenvalue weighted by atomic mass is 16.4. The van der Waals surface area contributed by atoms with E-state index >= 15 is 0 Å². The minimum atomic E-state index is -1.05. The summed E-state index contributed by atoms with van der Waals surface area (Å²) in [5, 5.41) is 19.0. The summed E-state index contributed by atoms with van der Waals surface area (Å²) in [4.78, 5) is 20.5. The van der Waals surface area contributed by atoms with Crippen molar-refractivity contribution in [3.63, 3.8) is 0 Å². The van der Waals surface area contributed by atoms with Crippen LogP contribution >= 0.6 is 0 Å². The zero-order valence-corrected chi connectivity index (χ0v) is 9.14. The zero-order chi connectivity index (χ0) is 12.7. The largest absolute Gasteiger partial charge is 0.508 e. The molecule has 0 aliphatic rings. The highest BCUT2D eigenvalue weighted by Crippen LogP contribution is 2.24. The van der Waals surface area contributed by atoms with Gasteiger partial charge in [-0.1, -0.05) is 0 Å². The lowest BCUT2D eigenvalue weighted by Crippen LogP contribution is -1.95. The van der Waals surface area contributed by atoms with E-state index < -0.39 is 5.97 Å². The number of fused-ring (bicyclic) bond motifs is 1. The minimum Gasteiger partial charge on any atom is -0.508 e. The summed E-state index contributed by atoms with van der Waals surface area (Å²) in [6.07, 6.45) is 1.26. The van der Waals surface area contributed by atoms with Crippen molar-refractivity contribution in [2.75, 3.05) is 0 Å². The van der Waals surface area contributed by atoms with Crippen molar-refractivity contribution >= 4 is 16.9 Å². The molecular formula is C12H9N3O3. The van der Waals surface area contributed by atoms with Crippen LogP contribution in [-0.4, -0.2) is 31.1 Å². The number of imidazole rings is 1. The fraction of sp³-hybridized carbons (Fsp3) is 0. The van der Waals surface area contributed by atoms with Crippen LogP contribution in [-0.2, 0) is 0 Å². The Bertz CT molecular complexity index is 742. The van der Waals surface area contributed by atoms with Crippen LogP contribution < -0.4 is 0 Å². The van der Waals surface area contributed by atoms with Gasteiger partial charge in [0, 0.05) is 10.9 Å².